The number of carbonyl (C=O) groups is 2. The summed E-state index contributed by atoms with van der Waals surface area (Å²) in [6, 6.07) is 0. The number of hydrogen-bond donors (Lipinski definition) is 7. The summed E-state index contributed by atoms with van der Waals surface area (Å²) in [5.41, 5.74) is -0.314. The van der Waals surface area contributed by atoms with E-state index >= 15 is 0 Å². The molecule has 22 heteroatoms. The number of methoxy groups -OCH3 is 3. The van der Waals surface area contributed by atoms with Gasteiger partial charge in [-0.05, 0) is 118 Å². The highest BCUT2D eigenvalue weighted by Crippen LogP contribution is 2.69. The van der Waals surface area contributed by atoms with Gasteiger partial charge in [0.15, 0.2) is 25.2 Å². The minimum Gasteiger partial charge on any atom is -0.459 e. The zero-order valence-corrected chi connectivity index (χ0v) is 48.8. The molecule has 0 aromatic heterocycles. The summed E-state index contributed by atoms with van der Waals surface area (Å²) in [6.45, 7) is 17.8. The molecule has 22 nitrogen and oxygen atoms in total. The molecule has 0 radical (unpaired) electrons. The summed E-state index contributed by atoms with van der Waals surface area (Å²) in [5.74, 6) is -1.28. The van der Waals surface area contributed by atoms with Crippen molar-refractivity contribution < 1.29 is 107 Å². The SMILES string of the molecule is C/C=C(\C)C(=O)O[C@H](C)[C@H]1CC[C@]2(O)[C@@H]3CC=C4C[C@@H](O[C@@H]5O[C@H](C)[C@H](O[C@H]6C[C@@H](OC)[C@@H](O[C@@H]7O[C@H](C)[C@@H](O[C@@H]8O[C@H](CO)[C@@H](O)[C@H](O)[C@H]8O)[C@@H](OC)[C@H]7O)[C@@H](C)O6)[C@@H](OC)[C@H]5O)CC[C@]4(C)[C@H]3C[C@@H](OC(=O)/C(C)=C/C)[C@]12C. The van der Waals surface area contributed by atoms with E-state index in [4.69, 9.17) is 61.6 Å². The largest absolute Gasteiger partial charge is 0.459 e. The first-order valence-corrected chi connectivity index (χ1v) is 28.8. The normalized spacial score (nSPS) is 48.5. The van der Waals surface area contributed by atoms with Crippen LogP contribution in [0.4, 0.5) is 0 Å². The monoisotopic (exact) mass is 1140 g/mol. The van der Waals surface area contributed by atoms with E-state index in [1.54, 1.807) is 53.7 Å². The lowest BCUT2D eigenvalue weighted by molar-refractivity contribution is -0.375. The number of rotatable bonds is 17. The Morgan fingerprint density at radius 3 is 1.86 bits per heavy atom. The Hall–Kier alpha value is -2.56. The second kappa shape index (κ2) is 25.6. The Labute approximate surface area is 470 Å². The van der Waals surface area contributed by atoms with Crippen LogP contribution in [0.15, 0.2) is 34.9 Å². The predicted octanol–water partition coefficient (Wildman–Crippen LogP) is 2.80. The number of aliphatic hydroxyl groups excluding tert-OH is 6. The smallest absolute Gasteiger partial charge is 0.333 e. The van der Waals surface area contributed by atoms with Gasteiger partial charge in [0.05, 0.1) is 42.7 Å². The third-order valence-corrected chi connectivity index (χ3v) is 20.0. The minimum atomic E-state index is -1.69. The maximum atomic E-state index is 13.7. The quantitative estimate of drug-likeness (QED) is 0.0626. The van der Waals surface area contributed by atoms with Gasteiger partial charge in [-0.25, -0.2) is 9.59 Å². The highest BCUT2D eigenvalue weighted by Gasteiger charge is 2.72. The van der Waals surface area contributed by atoms with Gasteiger partial charge in [0.1, 0.15) is 79.4 Å². The van der Waals surface area contributed by atoms with Crippen LogP contribution in [0, 0.1) is 28.6 Å². The van der Waals surface area contributed by atoms with E-state index in [0.717, 1.165) is 0 Å². The van der Waals surface area contributed by atoms with Crippen LogP contribution in [0.1, 0.15) is 121 Å². The Kier molecular flexibility index (Phi) is 20.3. The summed E-state index contributed by atoms with van der Waals surface area (Å²) in [4.78, 5) is 26.7. The van der Waals surface area contributed by atoms with Gasteiger partial charge in [-0.2, -0.15) is 0 Å². The molecule has 0 bridgehead atoms. The number of allylic oxidation sites excluding steroid dienone is 3. The molecule has 4 saturated heterocycles. The van der Waals surface area contributed by atoms with E-state index in [-0.39, 0.29) is 35.7 Å². The molecule has 80 heavy (non-hydrogen) atoms. The number of fused-ring (bicyclic) bond motifs is 5. The van der Waals surface area contributed by atoms with Crippen LogP contribution in [0.2, 0.25) is 0 Å². The van der Waals surface area contributed by atoms with Gasteiger partial charge >= 0.3 is 11.9 Å². The van der Waals surface area contributed by atoms with Crippen molar-refractivity contribution in [1.29, 1.82) is 0 Å². The highest BCUT2D eigenvalue weighted by atomic mass is 16.8. The fourth-order valence-electron chi connectivity index (χ4n) is 14.9. The zero-order chi connectivity index (χ0) is 58.5. The molecule has 7 fully saturated rings. The lowest BCUT2D eigenvalue weighted by atomic mass is 9.44. The molecular formula is C58H92O22. The first-order valence-electron chi connectivity index (χ1n) is 28.8. The van der Waals surface area contributed by atoms with Crippen molar-refractivity contribution in [3.05, 3.63) is 34.9 Å². The molecule has 4 aliphatic heterocycles. The maximum Gasteiger partial charge on any atom is 0.333 e. The van der Waals surface area contributed by atoms with Crippen molar-refractivity contribution in [2.45, 2.75) is 261 Å². The third-order valence-electron chi connectivity index (χ3n) is 20.0. The summed E-state index contributed by atoms with van der Waals surface area (Å²) in [6.07, 6.45) is -12.5. The minimum absolute atomic E-state index is 0.0358. The van der Waals surface area contributed by atoms with Crippen molar-refractivity contribution in [2.75, 3.05) is 27.9 Å². The van der Waals surface area contributed by atoms with Crippen LogP contribution in [-0.2, 0) is 71.2 Å². The van der Waals surface area contributed by atoms with Crippen molar-refractivity contribution in [3.63, 3.8) is 0 Å². The van der Waals surface area contributed by atoms with E-state index in [1.165, 1.54) is 26.9 Å². The van der Waals surface area contributed by atoms with Crippen molar-refractivity contribution >= 4 is 11.9 Å². The average Bonchev–Trinajstić information content (AvgIpc) is 3.15. The Balaban J connectivity index is 0.893. The summed E-state index contributed by atoms with van der Waals surface area (Å²) in [5, 5.41) is 77.6. The molecular weight excluding hydrogens is 1050 g/mol. The molecule has 0 unspecified atom stereocenters. The topological polar surface area (TPSA) is 296 Å². The summed E-state index contributed by atoms with van der Waals surface area (Å²) < 4.78 is 80.1. The van der Waals surface area contributed by atoms with E-state index in [2.05, 4.69) is 13.0 Å². The number of hydrogen-bond acceptors (Lipinski definition) is 22. The first kappa shape index (κ1) is 63.5. The van der Waals surface area contributed by atoms with Crippen LogP contribution in [-0.4, -0.2) is 216 Å². The summed E-state index contributed by atoms with van der Waals surface area (Å²) in [7, 11) is 4.36. The van der Waals surface area contributed by atoms with Gasteiger partial charge in [0.2, 0.25) is 0 Å². The standard InChI is InChI=1S/C58H92O22/c1-14-26(3)51(65)72-28(5)34-19-21-58(67)35-17-16-32-22-33(18-20-56(32,9)36(35)23-39(57(34,58)10)77-52(66)27(4)15-2)75-54-44(63)49(69-12)47(30(7)73-54)78-40-24-37(68-11)46(29(6)71-40)79-55-45(64)50(70-13)48(31(8)74-55)80-53-43(62)42(61)41(60)38(25-59)76-53/h14-16,28-31,33-50,53-55,59-64,67H,17-25H2,1-13H3/b26-14+,27-15+/t28-,29-,30-,31-,33+,34-,35-,36+,37-,38-,39-,40+,41-,42+,43-,44-,45-,46+,47+,48-,49+,50+,53+,54+,55+,56+,57+,58+/m1/s1. The third kappa shape index (κ3) is 11.6. The molecule has 4 aliphatic carbocycles. The average molecular weight is 1140 g/mol. The van der Waals surface area contributed by atoms with E-state index in [9.17, 15) is 45.3 Å². The lowest BCUT2D eigenvalue weighted by Crippen LogP contribution is -2.67. The number of ether oxygens (including phenoxy) is 13. The van der Waals surface area contributed by atoms with Gasteiger partial charge in [0.25, 0.3) is 0 Å². The molecule has 28 atom stereocenters. The molecule has 8 aliphatic rings. The van der Waals surface area contributed by atoms with Crippen LogP contribution in [0.5, 0.6) is 0 Å². The van der Waals surface area contributed by atoms with Crippen molar-refractivity contribution in [3.8, 4) is 0 Å². The van der Waals surface area contributed by atoms with E-state index < -0.39 is 158 Å². The second-order valence-corrected chi connectivity index (χ2v) is 24.2. The van der Waals surface area contributed by atoms with E-state index in [1.807, 2.05) is 20.8 Å². The van der Waals surface area contributed by atoms with Crippen molar-refractivity contribution in [2.24, 2.45) is 28.6 Å². The van der Waals surface area contributed by atoms with Gasteiger partial charge in [0, 0.05) is 50.2 Å². The van der Waals surface area contributed by atoms with Gasteiger partial charge < -0.3 is 97.3 Å². The van der Waals surface area contributed by atoms with Crippen LogP contribution >= 0.6 is 0 Å². The molecule has 0 aromatic rings. The van der Waals surface area contributed by atoms with Crippen LogP contribution < -0.4 is 0 Å². The van der Waals surface area contributed by atoms with Crippen molar-refractivity contribution in [1.82, 2.24) is 0 Å². The van der Waals surface area contributed by atoms with Gasteiger partial charge in [-0.1, -0.05) is 37.6 Å². The first-order chi connectivity index (χ1) is 37.8. The second-order valence-electron chi connectivity index (χ2n) is 24.2. The van der Waals surface area contributed by atoms with Crippen LogP contribution in [0.3, 0.4) is 0 Å². The summed E-state index contributed by atoms with van der Waals surface area (Å²) >= 11 is 0. The number of aliphatic hydroxyl groups is 7. The molecule has 0 amide bonds. The molecule has 8 rings (SSSR count). The van der Waals surface area contributed by atoms with Crippen LogP contribution in [0.25, 0.3) is 0 Å². The molecule has 0 spiro atoms. The Bertz CT molecular complexity index is 2230. The fourth-order valence-corrected chi connectivity index (χ4v) is 14.9. The molecule has 0 aromatic carbocycles. The molecule has 456 valence electrons. The van der Waals surface area contributed by atoms with E-state index in [0.29, 0.717) is 56.1 Å². The Morgan fingerprint density at radius 1 is 0.688 bits per heavy atom. The lowest BCUT2D eigenvalue weighted by Gasteiger charge is -2.63. The maximum absolute atomic E-state index is 13.7. The predicted molar refractivity (Wildman–Crippen MR) is 282 cm³/mol. The molecule has 7 N–H and O–H groups in total. The fraction of sp³-hybridized carbons (Fsp3) is 0.862. The Morgan fingerprint density at radius 2 is 1.26 bits per heavy atom. The highest BCUT2D eigenvalue weighted by molar-refractivity contribution is 5.88. The molecule has 3 saturated carbocycles. The molecule has 4 heterocycles. The van der Waals surface area contributed by atoms with Gasteiger partial charge in [-0.3, -0.25) is 0 Å². The number of esters is 2. The van der Waals surface area contributed by atoms with Gasteiger partial charge in [-0.15, -0.1) is 0 Å². The number of carbonyl (C=O) groups excluding carboxylic acids is 2. The zero-order valence-electron chi connectivity index (χ0n) is 48.8.